The van der Waals surface area contributed by atoms with Crippen molar-refractivity contribution < 1.29 is 105 Å². The van der Waals surface area contributed by atoms with E-state index in [9.17, 15) is 0 Å². The number of hydrogen-bond donors (Lipinski definition) is 0. The second-order valence-corrected chi connectivity index (χ2v) is 39.1. The van der Waals surface area contributed by atoms with Gasteiger partial charge in [-0.25, -0.2) is 105 Å². The highest BCUT2D eigenvalue weighted by Gasteiger charge is 2.81. The van der Waals surface area contributed by atoms with Gasteiger partial charge in [0.05, 0.1) is 0 Å². The molecule has 0 bridgehead atoms. The summed E-state index contributed by atoms with van der Waals surface area (Å²) in [6.45, 7) is -14.1. The molecule has 0 N–H and O–H groups in total. The molecule has 33 rings (SSSR count). The van der Waals surface area contributed by atoms with Gasteiger partial charge in [0.25, 0.3) is 0 Å². The van der Waals surface area contributed by atoms with Gasteiger partial charge in [-0.05, 0) is 0 Å². The van der Waals surface area contributed by atoms with Crippen LogP contribution in [0.5, 0.6) is 0 Å². The van der Waals surface area contributed by atoms with Gasteiger partial charge in [0.15, 0.2) is 136 Å². The average molecular weight is 1830 g/mol. The number of urea groups is 22. The minimum Gasteiger partial charge on any atom is -0.282 e. The van der Waals surface area contributed by atoms with E-state index in [4.69, 9.17) is 0 Å². The van der Waals surface area contributed by atoms with E-state index in [0.717, 1.165) is 0 Å². The fourth-order valence-electron chi connectivity index (χ4n) is 29.3. The lowest BCUT2D eigenvalue weighted by atomic mass is 10.3. The van der Waals surface area contributed by atoms with Gasteiger partial charge in [0, 0.05) is 0 Å². The standard InChI is InChI=1S/C66H66N44O22/c111-45-67-1-68-24-26-72(46(68)112)4-76-28-30-80(50(76)116)8-84-32-34-88(54(84)120)12-92-36-38-96(58(92)124)16-100-40-42-104(62(100)128)20-108-44-43-107(65(108)131)19-103-41-39-99(61(103)127)15-95-37-35-91(57(95)123)11-87-33-31-83(53(87)119)7-79-29-27-75(49(79)115)3-71(45)25-23(67)69-2-70(24)48(114)74(26)6-78(28)52(118)82(30)10-86(32)56(122)90(34)14-94(36)60(126)98(38)18-102(40)64(130)106(42)22-110(44)66(132)109(43)21-105(41)63(129)101(39)17-97(37)59(125)93(35)13-89(33)55(121)85(31)9-81(29)51(117)77(27)5-73(25)47(69)113/h23-44H,1-22H2. The number of carbonyl (C=O) groups is 22. The van der Waals surface area contributed by atoms with Crippen LogP contribution in [0.3, 0.4) is 0 Å². The number of amides is 44. The molecular weight excluding hydrogens is 1760 g/mol. The number of carbonyl (C=O) groups excluding carboxylic acids is 22. The molecule has 0 atom stereocenters. The summed E-state index contributed by atoms with van der Waals surface area (Å²) < 4.78 is 0. The quantitative estimate of drug-likeness (QED) is 0.217. The topological polar surface area (TPSA) is 518 Å². The van der Waals surface area contributed by atoms with Crippen LogP contribution in [0.15, 0.2) is 0 Å². The highest BCUT2D eigenvalue weighted by molar-refractivity contribution is 5.99. The van der Waals surface area contributed by atoms with Crippen molar-refractivity contribution in [2.24, 2.45) is 0 Å². The third kappa shape index (κ3) is 6.64. The van der Waals surface area contributed by atoms with Crippen LogP contribution >= 0.6 is 0 Å². The second kappa shape index (κ2) is 20.5. The fraction of sp³-hybridized carbons (Fsp3) is 0.667. The van der Waals surface area contributed by atoms with E-state index in [-0.39, 0.29) is 0 Å². The van der Waals surface area contributed by atoms with Gasteiger partial charge in [0.2, 0.25) is 0 Å². The summed E-state index contributed by atoms with van der Waals surface area (Å²) in [5, 5.41) is 0. The van der Waals surface area contributed by atoms with E-state index >= 15 is 105 Å². The van der Waals surface area contributed by atoms with Crippen molar-refractivity contribution in [1.82, 2.24) is 216 Å². The smallest absolute Gasteiger partial charge is 0.282 e. The molecule has 66 nitrogen and oxygen atoms in total. The maximum atomic E-state index is 15.9. The monoisotopic (exact) mass is 1830 g/mol. The van der Waals surface area contributed by atoms with Crippen molar-refractivity contribution in [3.63, 3.8) is 0 Å². The molecule has 44 amide bonds. The lowest BCUT2D eigenvalue weighted by Gasteiger charge is -2.42. The van der Waals surface area contributed by atoms with Crippen LogP contribution in [0.4, 0.5) is 105 Å². The maximum absolute atomic E-state index is 15.9. The summed E-state index contributed by atoms with van der Waals surface area (Å²) in [6, 6.07) is -18.0. The first-order chi connectivity index (χ1) is 63.7. The first-order valence-electron chi connectivity index (χ1n) is 43.3. The summed E-state index contributed by atoms with van der Waals surface area (Å²) in [6.07, 6.45) is -30.4. The van der Waals surface area contributed by atoms with Crippen LogP contribution in [0.1, 0.15) is 0 Å². The molecule has 33 aliphatic heterocycles. The Morgan fingerprint density at radius 2 is 0.106 bits per heavy atom. The molecular formula is C66H66N44O22. The van der Waals surface area contributed by atoms with Gasteiger partial charge in [-0.15, -0.1) is 0 Å². The highest BCUT2D eigenvalue weighted by atomic mass is 16.3. The molecule has 0 radical (unpaired) electrons. The molecule has 0 spiro atoms. The Morgan fingerprint density at radius 3 is 0.136 bits per heavy atom. The molecule has 33 fully saturated rings. The minimum absolute atomic E-state index is 0.640. The molecule has 33 aliphatic rings. The van der Waals surface area contributed by atoms with Crippen molar-refractivity contribution >= 4 is 133 Å². The minimum atomic E-state index is -1.38. The van der Waals surface area contributed by atoms with E-state index in [1.54, 1.807) is 0 Å². The van der Waals surface area contributed by atoms with Crippen LogP contribution in [-0.2, 0) is 0 Å². The zero-order valence-corrected chi connectivity index (χ0v) is 67.9. The molecule has 33 heterocycles. The molecule has 0 aromatic rings. The van der Waals surface area contributed by atoms with E-state index in [2.05, 4.69) is 0 Å². The van der Waals surface area contributed by atoms with Crippen LogP contribution in [0.2, 0.25) is 0 Å². The van der Waals surface area contributed by atoms with E-state index in [1.807, 2.05) is 0 Å². The number of hydrogen-bond acceptors (Lipinski definition) is 22. The molecule has 0 aromatic carbocycles. The van der Waals surface area contributed by atoms with Crippen LogP contribution in [0, 0.1) is 0 Å². The summed E-state index contributed by atoms with van der Waals surface area (Å²) in [5.74, 6) is 0. The molecule has 682 valence electrons. The predicted molar refractivity (Wildman–Crippen MR) is 390 cm³/mol. The fourth-order valence-corrected chi connectivity index (χ4v) is 29.3. The van der Waals surface area contributed by atoms with E-state index in [0.29, 0.717) is 0 Å². The normalized spacial score (nSPS) is 40.3. The summed E-state index contributed by atoms with van der Waals surface area (Å²) >= 11 is 0. The highest BCUT2D eigenvalue weighted by Crippen LogP contribution is 2.57. The predicted octanol–water partition coefficient (Wildman–Crippen LogP) is -10.4. The van der Waals surface area contributed by atoms with Crippen molar-refractivity contribution in [3.8, 4) is 0 Å². The summed E-state index contributed by atoms with van der Waals surface area (Å²) in [7, 11) is 0. The van der Waals surface area contributed by atoms with Crippen molar-refractivity contribution in [2.45, 2.75) is 136 Å². The van der Waals surface area contributed by atoms with Crippen molar-refractivity contribution in [1.29, 1.82) is 0 Å². The van der Waals surface area contributed by atoms with Gasteiger partial charge in [-0.2, -0.15) is 0 Å². The Bertz CT molecular complexity index is 4230. The van der Waals surface area contributed by atoms with Gasteiger partial charge in [-0.1, -0.05) is 0 Å². The van der Waals surface area contributed by atoms with Crippen LogP contribution in [-0.4, -0.2) is 631 Å². The lowest BCUT2D eigenvalue weighted by molar-refractivity contribution is -0.0202. The molecule has 33 saturated heterocycles. The average Bonchev–Trinajstić information content (AvgIpc) is 1.51. The van der Waals surface area contributed by atoms with Gasteiger partial charge in [0.1, 0.15) is 147 Å². The van der Waals surface area contributed by atoms with Gasteiger partial charge >= 0.3 is 133 Å². The molecule has 0 unspecified atom stereocenters. The van der Waals surface area contributed by atoms with Crippen LogP contribution in [0.25, 0.3) is 0 Å². The molecule has 0 aliphatic carbocycles. The lowest BCUT2D eigenvalue weighted by Crippen LogP contribution is -2.63. The summed E-state index contributed by atoms with van der Waals surface area (Å²) in [4.78, 5) is 403. The summed E-state index contributed by atoms with van der Waals surface area (Å²) in [5.41, 5.74) is 0. The Morgan fingerprint density at radius 1 is 0.0758 bits per heavy atom. The van der Waals surface area contributed by atoms with Crippen LogP contribution < -0.4 is 0 Å². The molecule has 0 aromatic heterocycles. The SMILES string of the molecule is O=C1N2CN3C(=O)N4CN5C(=O)N6CN7C(=O)N8CN9C(=O)N%10CN%11C(=O)N%12CN%13C(=O)N%14CN%15C(=O)N%16CN%17C(=O)N%18CN%19C(=O)N%20CN%21C(=O)N%22CN1C1C2N2CN%23C(=O)N(CN%24C(=O)N(CN%25C(=O)N(CN%26C(=O)N(CN%27C(=O)N(CN%28C(=O)N(CN%29C(=O)N(CN%30C(=O)N(CN%31C(=O)N(CN%32C(=O)N(CN1C2=O)C%22C%21%32)C%20C%19%31)C%18C%17%30)C%16C%15%29)C%14C%13%28)C%12C%11%27)C%10C9%26)C8C7%25)C6C5%24)C4C3%23. The largest absolute Gasteiger partial charge is 0.326 e. The van der Waals surface area contributed by atoms with E-state index < -0.39 is 415 Å². The van der Waals surface area contributed by atoms with Crippen molar-refractivity contribution in [3.05, 3.63) is 0 Å². The third-order valence-electron chi connectivity index (χ3n) is 34.5. The molecule has 66 heteroatoms. The van der Waals surface area contributed by atoms with E-state index in [1.165, 1.54) is 216 Å². The number of nitrogens with zero attached hydrogens (tertiary/aromatic N) is 44. The van der Waals surface area contributed by atoms with Gasteiger partial charge in [-0.3, -0.25) is 216 Å². The first-order valence-corrected chi connectivity index (χ1v) is 43.3. The second-order valence-electron chi connectivity index (χ2n) is 39.1. The van der Waals surface area contributed by atoms with Crippen molar-refractivity contribution in [2.75, 3.05) is 147 Å². The third-order valence-corrected chi connectivity index (χ3v) is 34.5. The zero-order chi connectivity index (χ0) is 88.4. The zero-order valence-electron chi connectivity index (χ0n) is 67.9. The molecule has 0 saturated carbocycles. The van der Waals surface area contributed by atoms with Gasteiger partial charge < -0.3 is 0 Å². The molecule has 132 heavy (non-hydrogen) atoms. The Balaban J connectivity index is 0.504. The maximum Gasteiger partial charge on any atom is 0.326 e. The number of rotatable bonds is 0. The first kappa shape index (κ1) is 69.0. The Kier molecular flexibility index (Phi) is 10.7. The Hall–Kier alpha value is -16.1. The Labute approximate surface area is 733 Å².